The monoisotopic (exact) mass is 659 g/mol. The molecule has 240 valence electrons. The van der Waals surface area contributed by atoms with Gasteiger partial charge >= 0.3 is 6.18 Å². The van der Waals surface area contributed by atoms with Gasteiger partial charge in [0.15, 0.2) is 5.13 Å². The van der Waals surface area contributed by atoms with Gasteiger partial charge in [0, 0.05) is 17.3 Å². The molecular formula is C33H36F3N3O4S2. The van der Waals surface area contributed by atoms with E-state index in [4.69, 9.17) is 9.72 Å². The molecule has 7 nitrogen and oxygen atoms in total. The van der Waals surface area contributed by atoms with Gasteiger partial charge in [0.1, 0.15) is 12.4 Å². The number of sulfonamides is 1. The molecule has 0 unspecified atom stereocenters. The van der Waals surface area contributed by atoms with Crippen LogP contribution in [0.2, 0.25) is 0 Å². The predicted octanol–water partition coefficient (Wildman–Crippen LogP) is 8.19. The first-order valence-corrected chi connectivity index (χ1v) is 16.7. The van der Waals surface area contributed by atoms with Crippen LogP contribution in [-0.4, -0.2) is 42.9 Å². The number of thiazole rings is 1. The molecule has 4 aromatic rings. The fourth-order valence-corrected chi connectivity index (χ4v) is 7.50. The first kappa shape index (κ1) is 32.8. The highest BCUT2D eigenvalue weighted by molar-refractivity contribution is 7.93. The summed E-state index contributed by atoms with van der Waals surface area (Å²) in [7, 11) is -4.04. The maximum absolute atomic E-state index is 13.5. The van der Waals surface area contributed by atoms with Crippen molar-refractivity contribution in [2.75, 3.05) is 16.6 Å². The zero-order valence-electron chi connectivity index (χ0n) is 25.6. The van der Waals surface area contributed by atoms with Crippen molar-refractivity contribution in [1.82, 2.24) is 4.98 Å². The average Bonchev–Trinajstić information content (AvgIpc) is 3.33. The summed E-state index contributed by atoms with van der Waals surface area (Å²) in [4.78, 5) is 5.43. The van der Waals surface area contributed by atoms with E-state index in [2.05, 4.69) is 10.0 Å². The fraction of sp³-hybridized carbons (Fsp3) is 0.364. The molecule has 0 atom stereocenters. The number of aryl methyl sites for hydroxylation is 2. The minimum atomic E-state index is -4.43. The summed E-state index contributed by atoms with van der Waals surface area (Å²) in [5, 5.41) is 13.4. The highest BCUT2D eigenvalue weighted by Crippen LogP contribution is 2.43. The molecule has 1 heterocycles. The van der Waals surface area contributed by atoms with Crippen LogP contribution in [0.15, 0.2) is 71.6 Å². The molecule has 1 saturated carbocycles. The van der Waals surface area contributed by atoms with Crippen LogP contribution in [0.5, 0.6) is 5.75 Å². The van der Waals surface area contributed by atoms with E-state index in [1.807, 2.05) is 32.0 Å². The minimum absolute atomic E-state index is 0.0478. The molecule has 1 aliphatic carbocycles. The van der Waals surface area contributed by atoms with Crippen molar-refractivity contribution < 1.29 is 31.4 Å². The molecule has 3 aromatic carbocycles. The van der Waals surface area contributed by atoms with Gasteiger partial charge in [0.05, 0.1) is 26.5 Å². The molecule has 1 aliphatic rings. The average molecular weight is 660 g/mol. The van der Waals surface area contributed by atoms with E-state index in [0.29, 0.717) is 34.7 Å². The molecule has 1 aromatic heterocycles. The molecule has 0 amide bonds. The van der Waals surface area contributed by atoms with Crippen LogP contribution >= 0.6 is 11.3 Å². The second-order valence-electron chi connectivity index (χ2n) is 12.5. The number of aliphatic hydroxyl groups is 1. The first-order chi connectivity index (χ1) is 20.9. The van der Waals surface area contributed by atoms with Crippen molar-refractivity contribution in [2.24, 2.45) is 5.41 Å². The number of rotatable bonds is 10. The van der Waals surface area contributed by atoms with Gasteiger partial charge in [0.2, 0.25) is 0 Å². The second kappa shape index (κ2) is 12.0. The van der Waals surface area contributed by atoms with Crippen LogP contribution in [0, 0.1) is 19.3 Å². The molecule has 0 saturated heterocycles. The number of hydrogen-bond acceptors (Lipinski definition) is 7. The molecule has 45 heavy (non-hydrogen) atoms. The first-order valence-electron chi connectivity index (χ1n) is 14.4. The molecule has 0 aliphatic heterocycles. The van der Waals surface area contributed by atoms with E-state index in [-0.39, 0.29) is 21.8 Å². The lowest BCUT2D eigenvalue weighted by molar-refractivity contribution is -0.219. The number of aromatic nitrogens is 1. The van der Waals surface area contributed by atoms with Crippen LogP contribution in [0.4, 0.5) is 24.0 Å². The zero-order chi connectivity index (χ0) is 32.8. The summed E-state index contributed by atoms with van der Waals surface area (Å²) < 4.78 is 75.6. The number of halogens is 3. The number of benzene rings is 3. The quantitative estimate of drug-likeness (QED) is 0.159. The summed E-state index contributed by atoms with van der Waals surface area (Å²) in [5.74, 6) is 0.255. The SMILES string of the molecule is Cc1cccc(C)c1-c1nc(NS(=O)(=O)c2cccc(NC3CC(C)(O)C3)c2)sc1-c1cccc(OCC(C)(C)C(F)(F)F)c1. The maximum atomic E-state index is 13.5. The Bertz CT molecular complexity index is 1790. The van der Waals surface area contributed by atoms with Gasteiger partial charge in [-0.2, -0.15) is 13.2 Å². The lowest BCUT2D eigenvalue weighted by Crippen LogP contribution is -2.48. The molecule has 1 fully saturated rings. The largest absolute Gasteiger partial charge is 0.493 e. The standard InChI is InChI=1S/C33H36F3N3O4S2/c1-20-9-6-10-21(2)27(20)28-29(22-11-7-13-25(15-22)43-19-31(3,4)33(34,35)36)44-30(38-28)39-45(41,42)26-14-8-12-23(16-26)37-24-17-32(5,40)18-24/h6-16,24,37,40H,17-19H2,1-5H3,(H,38,39). The van der Waals surface area contributed by atoms with Crippen LogP contribution in [0.3, 0.4) is 0 Å². The Balaban J connectivity index is 1.47. The Labute approximate surface area is 265 Å². The van der Waals surface area contributed by atoms with Gasteiger partial charge in [-0.1, -0.05) is 47.7 Å². The molecule has 3 N–H and O–H groups in total. The molecule has 0 radical (unpaired) electrons. The molecule has 12 heteroatoms. The van der Waals surface area contributed by atoms with Crippen molar-refractivity contribution in [1.29, 1.82) is 0 Å². The van der Waals surface area contributed by atoms with Crippen molar-refractivity contribution in [2.45, 2.75) is 70.2 Å². The smallest absolute Gasteiger partial charge is 0.397 e. The zero-order valence-corrected chi connectivity index (χ0v) is 27.3. The second-order valence-corrected chi connectivity index (χ2v) is 15.2. The molecule has 0 spiro atoms. The van der Waals surface area contributed by atoms with Crippen LogP contribution in [-0.2, 0) is 10.0 Å². The Hall–Kier alpha value is -3.61. The number of ether oxygens (including phenoxy) is 1. The van der Waals surface area contributed by atoms with Crippen LogP contribution in [0.25, 0.3) is 21.7 Å². The topological polar surface area (TPSA) is 101 Å². The van der Waals surface area contributed by atoms with Crippen molar-refractivity contribution in [3.8, 4) is 27.4 Å². The number of alkyl halides is 3. The lowest BCUT2D eigenvalue weighted by Gasteiger charge is -2.41. The van der Waals surface area contributed by atoms with Gasteiger partial charge in [-0.05, 0) is 94.5 Å². The van der Waals surface area contributed by atoms with E-state index < -0.39 is 33.8 Å². The number of hydrogen-bond donors (Lipinski definition) is 3. The predicted molar refractivity (Wildman–Crippen MR) is 172 cm³/mol. The van der Waals surface area contributed by atoms with E-state index in [9.17, 15) is 26.7 Å². The number of nitrogens with one attached hydrogen (secondary N) is 2. The Morgan fingerprint density at radius 2 is 1.67 bits per heavy atom. The number of anilines is 2. The number of nitrogens with zero attached hydrogens (tertiary/aromatic N) is 1. The van der Waals surface area contributed by atoms with E-state index in [0.717, 1.165) is 41.9 Å². The fourth-order valence-electron chi connectivity index (χ4n) is 5.26. The van der Waals surface area contributed by atoms with Crippen molar-refractivity contribution in [3.63, 3.8) is 0 Å². The van der Waals surface area contributed by atoms with Gasteiger partial charge in [-0.3, -0.25) is 4.72 Å². The summed E-state index contributed by atoms with van der Waals surface area (Å²) in [6, 6.07) is 19.0. The van der Waals surface area contributed by atoms with E-state index >= 15 is 0 Å². The van der Waals surface area contributed by atoms with E-state index in [1.165, 1.54) is 6.07 Å². The summed E-state index contributed by atoms with van der Waals surface area (Å²) in [5.41, 5.74) is 1.74. The van der Waals surface area contributed by atoms with Crippen molar-refractivity contribution >= 4 is 32.2 Å². The third-order valence-corrected chi connectivity index (χ3v) is 10.4. The normalized spacial score (nSPS) is 18.7. The maximum Gasteiger partial charge on any atom is 0.397 e. The van der Waals surface area contributed by atoms with Gasteiger partial charge in [-0.25, -0.2) is 13.4 Å². The van der Waals surface area contributed by atoms with E-state index in [1.54, 1.807) is 49.4 Å². The lowest BCUT2D eigenvalue weighted by atomic mass is 9.77. The van der Waals surface area contributed by atoms with Gasteiger partial charge in [0.25, 0.3) is 10.0 Å². The van der Waals surface area contributed by atoms with Gasteiger partial charge in [-0.15, -0.1) is 0 Å². The van der Waals surface area contributed by atoms with Crippen LogP contribution < -0.4 is 14.8 Å². The summed E-state index contributed by atoms with van der Waals surface area (Å²) in [6.07, 6.45) is -3.30. The minimum Gasteiger partial charge on any atom is -0.493 e. The summed E-state index contributed by atoms with van der Waals surface area (Å²) in [6.45, 7) is 7.25. The highest BCUT2D eigenvalue weighted by Gasteiger charge is 2.48. The Morgan fingerprint density at radius 3 is 2.31 bits per heavy atom. The Kier molecular flexibility index (Phi) is 8.71. The molecular weight excluding hydrogens is 624 g/mol. The van der Waals surface area contributed by atoms with Crippen molar-refractivity contribution in [3.05, 3.63) is 77.9 Å². The molecule has 0 bridgehead atoms. The highest BCUT2D eigenvalue weighted by atomic mass is 32.2. The Morgan fingerprint density at radius 1 is 1.02 bits per heavy atom. The third kappa shape index (κ3) is 7.29. The van der Waals surface area contributed by atoms with Gasteiger partial charge < -0.3 is 15.2 Å². The summed E-state index contributed by atoms with van der Waals surface area (Å²) >= 11 is 1.13. The molecule has 5 rings (SSSR count). The third-order valence-electron chi connectivity index (χ3n) is 7.92. The van der Waals surface area contributed by atoms with Crippen LogP contribution in [0.1, 0.15) is 44.7 Å².